The van der Waals surface area contributed by atoms with Gasteiger partial charge in [-0.25, -0.2) is 0 Å². The van der Waals surface area contributed by atoms with Crippen molar-refractivity contribution >= 4 is 22.1 Å². The van der Waals surface area contributed by atoms with E-state index in [-0.39, 0.29) is 0 Å². The molecule has 18 heavy (non-hydrogen) atoms. The quantitative estimate of drug-likeness (QED) is 0.564. The second-order valence-electron chi connectivity index (χ2n) is 5.67. The zero-order valence-corrected chi connectivity index (χ0v) is 15.5. The van der Waals surface area contributed by atoms with E-state index >= 15 is 0 Å². The monoisotopic (exact) mass is 357 g/mol. The molecule has 1 rings (SSSR count). The van der Waals surface area contributed by atoms with E-state index in [1.807, 2.05) is 0 Å². The molecule has 0 atom stereocenters. The van der Waals surface area contributed by atoms with Crippen LogP contribution in [0.2, 0.25) is 13.3 Å². The summed E-state index contributed by atoms with van der Waals surface area (Å²) < 4.78 is 6.38. The van der Waals surface area contributed by atoms with Crippen molar-refractivity contribution < 1.29 is 0 Å². The Kier molecular flexibility index (Phi) is 8.12. The first-order chi connectivity index (χ1) is 8.79. The van der Waals surface area contributed by atoms with Gasteiger partial charge in [-0.1, -0.05) is 0 Å². The molecule has 0 amide bonds. The molecule has 104 valence electrons. The molecule has 1 nitrogen and oxygen atoms in total. The fourth-order valence-corrected chi connectivity index (χ4v) is 18.6. The number of hydrogen-bond donors (Lipinski definition) is 1. The van der Waals surface area contributed by atoms with Crippen molar-refractivity contribution in [3.63, 3.8) is 0 Å². The number of unbranched alkanes of at least 4 members (excludes halogenated alkanes) is 3. The van der Waals surface area contributed by atoms with Crippen LogP contribution in [0.5, 0.6) is 0 Å². The molecule has 0 unspecified atom stereocenters. The maximum atomic E-state index is 3.60. The second-order valence-corrected chi connectivity index (χ2v) is 18.8. The summed E-state index contributed by atoms with van der Waals surface area (Å²) in [6.45, 7) is 7.01. The molecule has 0 saturated carbocycles. The molecule has 0 aliphatic heterocycles. The van der Waals surface area contributed by atoms with Crippen molar-refractivity contribution in [1.29, 1.82) is 0 Å². The normalized spacial score (nSPS) is 11.9. The van der Waals surface area contributed by atoms with Crippen LogP contribution in [0.4, 0.5) is 0 Å². The maximum absolute atomic E-state index is 3.60. The van der Waals surface area contributed by atoms with Gasteiger partial charge in [-0.2, -0.15) is 0 Å². The minimum absolute atomic E-state index is 1.36. The Morgan fingerprint density at radius 1 is 0.889 bits per heavy atom. The van der Waals surface area contributed by atoms with Gasteiger partial charge in [-0.15, -0.1) is 0 Å². The molecule has 0 radical (unpaired) electrons. The number of H-pyrrole nitrogens is 1. The average molecular weight is 356 g/mol. The van der Waals surface area contributed by atoms with Crippen molar-refractivity contribution in [2.75, 3.05) is 0 Å². The Labute approximate surface area is 118 Å². The fourth-order valence-electron chi connectivity index (χ4n) is 2.98. The number of aromatic nitrogens is 1. The van der Waals surface area contributed by atoms with Crippen LogP contribution >= 0.6 is 0 Å². The van der Waals surface area contributed by atoms with Crippen LogP contribution in [0, 0.1) is 0 Å². The van der Waals surface area contributed by atoms with Crippen LogP contribution in [0.15, 0.2) is 18.3 Å². The molecule has 1 aromatic rings. The summed E-state index contributed by atoms with van der Waals surface area (Å²) in [6, 6.07) is 4.61. The van der Waals surface area contributed by atoms with E-state index in [0.717, 1.165) is 0 Å². The van der Waals surface area contributed by atoms with Gasteiger partial charge >= 0.3 is 118 Å². The van der Waals surface area contributed by atoms with E-state index in [4.69, 9.17) is 0 Å². The summed E-state index contributed by atoms with van der Waals surface area (Å²) in [6.07, 6.45) is 10.6. The molecule has 1 aromatic heterocycles. The van der Waals surface area contributed by atoms with Crippen molar-refractivity contribution in [3.8, 4) is 0 Å². The third-order valence-corrected chi connectivity index (χ3v) is 19.6. The van der Waals surface area contributed by atoms with E-state index in [1.54, 1.807) is 17.0 Å². The molecule has 0 aliphatic carbocycles. The standard InChI is InChI=1S/C4H4N.3C4H9.Sn/c1-2-4-5-3-1;3*1-3-4-2;/h1-3,5H;3*1,3-4H2,2H3;. The molecule has 0 saturated heterocycles. The summed E-state index contributed by atoms with van der Waals surface area (Å²) in [4.78, 5) is 3.60. The zero-order valence-electron chi connectivity index (χ0n) is 12.6. The van der Waals surface area contributed by atoms with Gasteiger partial charge in [-0.3, -0.25) is 0 Å². The molecular weight excluding hydrogens is 325 g/mol. The van der Waals surface area contributed by atoms with Gasteiger partial charge in [-0.05, 0) is 0 Å². The van der Waals surface area contributed by atoms with Gasteiger partial charge in [0.1, 0.15) is 0 Å². The van der Waals surface area contributed by atoms with Crippen LogP contribution in [-0.4, -0.2) is 23.4 Å². The van der Waals surface area contributed by atoms with E-state index < -0.39 is 18.4 Å². The molecule has 1 heterocycles. The van der Waals surface area contributed by atoms with Crippen molar-refractivity contribution in [1.82, 2.24) is 4.98 Å². The van der Waals surface area contributed by atoms with Crippen LogP contribution in [0.3, 0.4) is 0 Å². The third kappa shape index (κ3) is 4.64. The molecule has 0 spiro atoms. The predicted octanol–water partition coefficient (Wildman–Crippen LogP) is 5.07. The SMILES string of the molecule is CCC[CH2][Sn]([CH2]CCC)([CH2]CCC)[c]1ccc[nH]1. The fraction of sp³-hybridized carbons (Fsp3) is 0.750. The first-order valence-electron chi connectivity index (χ1n) is 7.93. The molecule has 0 bridgehead atoms. The van der Waals surface area contributed by atoms with E-state index in [1.165, 1.54) is 38.5 Å². The third-order valence-electron chi connectivity index (χ3n) is 4.20. The first-order valence-corrected chi connectivity index (χ1v) is 15.4. The zero-order chi connectivity index (χ0) is 13.3. The molecule has 1 N–H and O–H groups in total. The minimum atomic E-state index is -2.09. The van der Waals surface area contributed by atoms with Crippen molar-refractivity contribution in [2.45, 2.75) is 72.6 Å². The summed E-state index contributed by atoms with van der Waals surface area (Å²) in [5.41, 5.74) is 0. The molecule has 2 heteroatoms. The predicted molar refractivity (Wildman–Crippen MR) is 85.3 cm³/mol. The summed E-state index contributed by atoms with van der Waals surface area (Å²) >= 11 is -2.09. The average Bonchev–Trinajstić information content (AvgIpc) is 2.93. The van der Waals surface area contributed by atoms with E-state index in [0.29, 0.717) is 0 Å². The topological polar surface area (TPSA) is 15.8 Å². The first kappa shape index (κ1) is 16.1. The van der Waals surface area contributed by atoms with Crippen LogP contribution < -0.4 is 3.71 Å². The van der Waals surface area contributed by atoms with E-state index in [9.17, 15) is 0 Å². The summed E-state index contributed by atoms with van der Waals surface area (Å²) in [5, 5.41) is 0. The van der Waals surface area contributed by atoms with Crippen molar-refractivity contribution in [2.24, 2.45) is 0 Å². The Balaban J connectivity index is 2.84. The Hall–Kier alpha value is 0.0787. The van der Waals surface area contributed by atoms with Gasteiger partial charge in [0, 0.05) is 0 Å². The van der Waals surface area contributed by atoms with Crippen LogP contribution in [0.25, 0.3) is 0 Å². The van der Waals surface area contributed by atoms with Gasteiger partial charge in [0.2, 0.25) is 0 Å². The molecule has 0 fully saturated rings. The van der Waals surface area contributed by atoms with Gasteiger partial charge in [0.05, 0.1) is 0 Å². The van der Waals surface area contributed by atoms with Gasteiger partial charge < -0.3 is 0 Å². The summed E-state index contributed by atoms with van der Waals surface area (Å²) in [7, 11) is 0. The summed E-state index contributed by atoms with van der Waals surface area (Å²) in [5.74, 6) is 0. The van der Waals surface area contributed by atoms with Gasteiger partial charge in [0.15, 0.2) is 0 Å². The molecule has 0 aliphatic rings. The Bertz CT molecular complexity index is 270. The van der Waals surface area contributed by atoms with E-state index in [2.05, 4.69) is 44.1 Å². The molecule has 0 aromatic carbocycles. The second kappa shape index (κ2) is 9.06. The molecular formula is C16H31NSn. The number of aromatic amines is 1. The number of nitrogens with one attached hydrogen (secondary N) is 1. The Morgan fingerprint density at radius 3 is 1.72 bits per heavy atom. The van der Waals surface area contributed by atoms with Crippen molar-refractivity contribution in [3.05, 3.63) is 18.3 Å². The van der Waals surface area contributed by atoms with Gasteiger partial charge in [0.25, 0.3) is 0 Å². The van der Waals surface area contributed by atoms with Crippen LogP contribution in [0.1, 0.15) is 59.3 Å². The Morgan fingerprint density at radius 2 is 1.39 bits per heavy atom. The van der Waals surface area contributed by atoms with Crippen LogP contribution in [-0.2, 0) is 0 Å². The number of hydrogen-bond acceptors (Lipinski definition) is 0. The number of rotatable bonds is 10.